The first-order valence-corrected chi connectivity index (χ1v) is 7.40. The van der Waals surface area contributed by atoms with E-state index in [0.29, 0.717) is 5.92 Å². The summed E-state index contributed by atoms with van der Waals surface area (Å²) in [5, 5.41) is 3.22. The van der Waals surface area contributed by atoms with Gasteiger partial charge in [-0.15, -0.1) is 0 Å². The van der Waals surface area contributed by atoms with Crippen molar-refractivity contribution in [2.45, 2.75) is 50.5 Å². The monoisotopic (exact) mass is 253 g/mol. The summed E-state index contributed by atoms with van der Waals surface area (Å²) in [7, 11) is 1.88. The number of carbonyl (C=O) groups is 1. The van der Waals surface area contributed by atoms with Crippen LogP contribution in [-0.4, -0.2) is 43.0 Å². The first-order chi connectivity index (χ1) is 8.69. The van der Waals surface area contributed by atoms with E-state index in [-0.39, 0.29) is 5.91 Å². The van der Waals surface area contributed by atoms with Gasteiger partial charge in [0.05, 0.1) is 0 Å². The van der Waals surface area contributed by atoms with Gasteiger partial charge < -0.3 is 16.0 Å². The number of likely N-dealkylation sites (N-methyl/N-ethyl adjacent to an activating group) is 1. The van der Waals surface area contributed by atoms with E-state index in [4.69, 9.17) is 5.73 Å². The summed E-state index contributed by atoms with van der Waals surface area (Å²) in [6.07, 6.45) is 8.30. The number of nitrogens with zero attached hydrogens (tertiary/aromatic N) is 1. The molecule has 0 radical (unpaired) electrons. The summed E-state index contributed by atoms with van der Waals surface area (Å²) in [5.74, 6) is 0.257. The van der Waals surface area contributed by atoms with E-state index in [2.05, 4.69) is 10.2 Å². The molecule has 2 aliphatic rings. The van der Waals surface area contributed by atoms with Gasteiger partial charge in [-0.2, -0.15) is 0 Å². The third kappa shape index (κ3) is 2.69. The lowest BCUT2D eigenvalue weighted by Crippen LogP contribution is -2.56. The molecule has 2 rings (SSSR count). The fraction of sp³-hybridized carbons (Fsp3) is 0.929. The third-order valence-corrected chi connectivity index (χ3v) is 4.95. The molecule has 2 atom stereocenters. The summed E-state index contributed by atoms with van der Waals surface area (Å²) >= 11 is 0. The zero-order valence-corrected chi connectivity index (χ0v) is 11.6. The fourth-order valence-electron chi connectivity index (χ4n) is 3.77. The van der Waals surface area contributed by atoms with Crippen LogP contribution in [0, 0.1) is 5.92 Å². The van der Waals surface area contributed by atoms with Crippen LogP contribution in [0.4, 0.5) is 0 Å². The van der Waals surface area contributed by atoms with Gasteiger partial charge in [0.1, 0.15) is 5.54 Å². The van der Waals surface area contributed by atoms with Crippen LogP contribution in [0.1, 0.15) is 44.9 Å². The minimum Gasteiger partial charge on any atom is -0.368 e. The molecule has 1 saturated heterocycles. The molecule has 3 N–H and O–H groups in total. The highest BCUT2D eigenvalue weighted by Crippen LogP contribution is 2.37. The van der Waals surface area contributed by atoms with Gasteiger partial charge in [0.15, 0.2) is 0 Å². The number of nitrogens with two attached hydrogens (primary N) is 1. The predicted octanol–water partition coefficient (Wildman–Crippen LogP) is 1.11. The number of likely N-dealkylation sites (tertiary alicyclic amines) is 1. The standard InChI is InChI=1S/C14H27N3O/c1-16-14(13(15)18)8-5-6-12(14)7-11-17-9-3-2-4-10-17/h12,16H,2-11H2,1H3,(H2,15,18). The summed E-state index contributed by atoms with van der Waals surface area (Å²) in [6.45, 7) is 3.59. The zero-order chi connectivity index (χ0) is 13.0. The van der Waals surface area contributed by atoms with E-state index in [1.807, 2.05) is 7.05 Å². The normalized spacial score (nSPS) is 33.7. The Hall–Kier alpha value is -0.610. The second-order valence-electron chi connectivity index (χ2n) is 5.87. The summed E-state index contributed by atoms with van der Waals surface area (Å²) in [4.78, 5) is 14.3. The molecule has 1 heterocycles. The van der Waals surface area contributed by atoms with E-state index in [1.165, 1.54) is 32.4 Å². The van der Waals surface area contributed by atoms with Crippen molar-refractivity contribution < 1.29 is 4.79 Å². The molecule has 0 bridgehead atoms. The second-order valence-corrected chi connectivity index (χ2v) is 5.87. The Morgan fingerprint density at radius 1 is 1.33 bits per heavy atom. The molecule has 2 unspecified atom stereocenters. The number of piperidine rings is 1. The van der Waals surface area contributed by atoms with Crippen molar-refractivity contribution in [3.63, 3.8) is 0 Å². The molecule has 2 fully saturated rings. The largest absolute Gasteiger partial charge is 0.368 e. The van der Waals surface area contributed by atoms with Gasteiger partial charge in [-0.25, -0.2) is 0 Å². The molecular weight excluding hydrogens is 226 g/mol. The average molecular weight is 253 g/mol. The van der Waals surface area contributed by atoms with E-state index in [1.54, 1.807) is 0 Å². The lowest BCUT2D eigenvalue weighted by molar-refractivity contribution is -0.125. The Morgan fingerprint density at radius 2 is 2.06 bits per heavy atom. The molecule has 18 heavy (non-hydrogen) atoms. The first-order valence-electron chi connectivity index (χ1n) is 7.40. The molecule has 0 aromatic heterocycles. The number of primary amides is 1. The van der Waals surface area contributed by atoms with Crippen LogP contribution in [0.15, 0.2) is 0 Å². The number of amides is 1. The topological polar surface area (TPSA) is 58.4 Å². The number of hydrogen-bond acceptors (Lipinski definition) is 3. The Kier molecular flexibility index (Phi) is 4.62. The zero-order valence-electron chi connectivity index (χ0n) is 11.6. The maximum Gasteiger partial charge on any atom is 0.238 e. The highest BCUT2D eigenvalue weighted by molar-refractivity contribution is 5.85. The van der Waals surface area contributed by atoms with Crippen molar-refractivity contribution in [3.8, 4) is 0 Å². The molecule has 0 aromatic carbocycles. The van der Waals surface area contributed by atoms with Crippen molar-refractivity contribution in [2.75, 3.05) is 26.7 Å². The number of nitrogens with one attached hydrogen (secondary N) is 1. The molecule has 1 aliphatic carbocycles. The number of rotatable bonds is 5. The lowest BCUT2D eigenvalue weighted by atomic mass is 9.84. The first kappa shape index (κ1) is 13.8. The van der Waals surface area contributed by atoms with Gasteiger partial charge in [0.25, 0.3) is 0 Å². The van der Waals surface area contributed by atoms with Crippen molar-refractivity contribution in [1.82, 2.24) is 10.2 Å². The Morgan fingerprint density at radius 3 is 2.67 bits per heavy atom. The van der Waals surface area contributed by atoms with Gasteiger partial charge >= 0.3 is 0 Å². The second kappa shape index (κ2) is 6.02. The molecule has 0 aromatic rings. The van der Waals surface area contributed by atoms with Crippen LogP contribution >= 0.6 is 0 Å². The molecular formula is C14H27N3O. The summed E-state index contributed by atoms with van der Waals surface area (Å²) in [6, 6.07) is 0. The van der Waals surface area contributed by atoms with Crippen LogP contribution in [0.5, 0.6) is 0 Å². The Labute approximate surface area is 110 Å². The Balaban J connectivity index is 1.89. The fourth-order valence-corrected chi connectivity index (χ4v) is 3.77. The highest BCUT2D eigenvalue weighted by Gasteiger charge is 2.46. The van der Waals surface area contributed by atoms with Gasteiger partial charge in [-0.05, 0) is 64.7 Å². The quantitative estimate of drug-likeness (QED) is 0.771. The maximum atomic E-state index is 11.8. The van der Waals surface area contributed by atoms with E-state index < -0.39 is 5.54 Å². The summed E-state index contributed by atoms with van der Waals surface area (Å²) < 4.78 is 0. The third-order valence-electron chi connectivity index (χ3n) is 4.95. The van der Waals surface area contributed by atoms with Crippen LogP contribution in [0.3, 0.4) is 0 Å². The molecule has 4 nitrogen and oxygen atoms in total. The van der Waals surface area contributed by atoms with Crippen molar-refractivity contribution in [2.24, 2.45) is 11.7 Å². The maximum absolute atomic E-state index is 11.8. The van der Waals surface area contributed by atoms with Crippen LogP contribution < -0.4 is 11.1 Å². The smallest absolute Gasteiger partial charge is 0.238 e. The van der Waals surface area contributed by atoms with Crippen LogP contribution in [-0.2, 0) is 4.79 Å². The van der Waals surface area contributed by atoms with Gasteiger partial charge in [0, 0.05) is 0 Å². The molecule has 1 aliphatic heterocycles. The van der Waals surface area contributed by atoms with E-state index in [0.717, 1.165) is 32.2 Å². The van der Waals surface area contributed by atoms with Crippen molar-refractivity contribution in [1.29, 1.82) is 0 Å². The van der Waals surface area contributed by atoms with Crippen LogP contribution in [0.25, 0.3) is 0 Å². The van der Waals surface area contributed by atoms with Gasteiger partial charge in [0.2, 0.25) is 5.91 Å². The molecule has 4 heteroatoms. The minimum atomic E-state index is -0.435. The SMILES string of the molecule is CNC1(C(N)=O)CCCC1CCN1CCCCC1. The number of carbonyl (C=O) groups excluding carboxylic acids is 1. The molecule has 1 amide bonds. The van der Waals surface area contributed by atoms with E-state index >= 15 is 0 Å². The highest BCUT2D eigenvalue weighted by atomic mass is 16.1. The van der Waals surface area contributed by atoms with Crippen LogP contribution in [0.2, 0.25) is 0 Å². The molecule has 0 spiro atoms. The van der Waals surface area contributed by atoms with Gasteiger partial charge in [-0.3, -0.25) is 4.79 Å². The summed E-state index contributed by atoms with van der Waals surface area (Å²) in [5.41, 5.74) is 5.19. The van der Waals surface area contributed by atoms with Gasteiger partial charge in [-0.1, -0.05) is 12.8 Å². The van der Waals surface area contributed by atoms with E-state index in [9.17, 15) is 4.79 Å². The minimum absolute atomic E-state index is 0.161. The predicted molar refractivity (Wildman–Crippen MR) is 73.2 cm³/mol. The average Bonchev–Trinajstić information content (AvgIpc) is 2.81. The lowest BCUT2D eigenvalue weighted by Gasteiger charge is -2.34. The molecule has 1 saturated carbocycles. The Bertz CT molecular complexity index is 289. The van der Waals surface area contributed by atoms with Crippen molar-refractivity contribution >= 4 is 5.91 Å². The van der Waals surface area contributed by atoms with Crippen molar-refractivity contribution in [3.05, 3.63) is 0 Å². The molecule has 104 valence electrons. The number of hydrogen-bond donors (Lipinski definition) is 2.